The normalized spacial score (nSPS) is 11.2. The number of aromatic nitrogens is 2. The van der Waals surface area contributed by atoms with E-state index >= 15 is 0 Å². The van der Waals surface area contributed by atoms with Crippen molar-refractivity contribution in [3.63, 3.8) is 0 Å². The number of rotatable bonds is 6. The van der Waals surface area contributed by atoms with E-state index < -0.39 is 0 Å². The molecular weight excluding hydrogens is 331 g/mol. The molecule has 0 spiro atoms. The van der Waals surface area contributed by atoms with Crippen LogP contribution < -0.4 is 5.56 Å². The Morgan fingerprint density at radius 1 is 1.26 bits per heavy atom. The van der Waals surface area contributed by atoms with Crippen LogP contribution in [0.1, 0.15) is 25.3 Å². The van der Waals surface area contributed by atoms with Crippen LogP contribution in [0.15, 0.2) is 45.7 Å². The Hall–Kier alpha value is -1.66. The maximum atomic E-state index is 13.0. The molecule has 0 saturated heterocycles. The fourth-order valence-electron chi connectivity index (χ4n) is 2.28. The van der Waals surface area contributed by atoms with Crippen molar-refractivity contribution in [1.82, 2.24) is 9.55 Å². The third kappa shape index (κ3) is 3.64. The Labute approximate surface area is 142 Å². The molecule has 0 saturated carbocycles. The third-order valence-electron chi connectivity index (χ3n) is 3.55. The van der Waals surface area contributed by atoms with Crippen molar-refractivity contribution in [2.75, 3.05) is 0 Å². The van der Waals surface area contributed by atoms with Gasteiger partial charge in [-0.15, -0.1) is 11.3 Å². The quantitative estimate of drug-likeness (QED) is 0.479. The lowest BCUT2D eigenvalue weighted by Gasteiger charge is -2.11. The Kier molecular flexibility index (Phi) is 5.13. The topological polar surface area (TPSA) is 34.9 Å². The van der Waals surface area contributed by atoms with Crippen molar-refractivity contribution in [2.45, 2.75) is 37.2 Å². The number of hydrogen-bond donors (Lipinski definition) is 0. The van der Waals surface area contributed by atoms with Gasteiger partial charge >= 0.3 is 0 Å². The van der Waals surface area contributed by atoms with Gasteiger partial charge in [0.15, 0.2) is 5.16 Å². The van der Waals surface area contributed by atoms with Crippen molar-refractivity contribution >= 4 is 33.3 Å². The van der Waals surface area contributed by atoms with Crippen LogP contribution in [0.2, 0.25) is 0 Å². The molecule has 0 radical (unpaired) electrons. The molecule has 0 aliphatic rings. The van der Waals surface area contributed by atoms with Crippen molar-refractivity contribution in [3.8, 4) is 0 Å². The first kappa shape index (κ1) is 16.2. The molecule has 0 aliphatic heterocycles. The average molecular weight is 348 g/mol. The number of fused-ring (bicyclic) bond motifs is 1. The molecular formula is C17H17FN2OS2. The molecule has 0 aliphatic carbocycles. The van der Waals surface area contributed by atoms with E-state index in [2.05, 4.69) is 11.9 Å². The summed E-state index contributed by atoms with van der Waals surface area (Å²) in [6.07, 6.45) is 1.97. The summed E-state index contributed by atoms with van der Waals surface area (Å²) in [4.78, 5) is 17.3. The predicted molar refractivity (Wildman–Crippen MR) is 94.7 cm³/mol. The summed E-state index contributed by atoms with van der Waals surface area (Å²) in [6.45, 7) is 2.79. The lowest BCUT2D eigenvalue weighted by Crippen LogP contribution is -2.22. The highest BCUT2D eigenvalue weighted by Crippen LogP contribution is 2.24. The first-order valence-electron chi connectivity index (χ1n) is 7.54. The van der Waals surface area contributed by atoms with Crippen LogP contribution in [0.25, 0.3) is 10.2 Å². The summed E-state index contributed by atoms with van der Waals surface area (Å²) >= 11 is 2.96. The van der Waals surface area contributed by atoms with E-state index in [0.717, 1.165) is 29.1 Å². The summed E-state index contributed by atoms with van der Waals surface area (Å²) in [7, 11) is 0. The van der Waals surface area contributed by atoms with E-state index in [-0.39, 0.29) is 11.4 Å². The second-order valence-electron chi connectivity index (χ2n) is 5.25. The van der Waals surface area contributed by atoms with E-state index in [9.17, 15) is 9.18 Å². The summed E-state index contributed by atoms with van der Waals surface area (Å²) in [5, 5.41) is 2.64. The fraction of sp³-hybridized carbons (Fsp3) is 0.294. The van der Waals surface area contributed by atoms with E-state index in [0.29, 0.717) is 17.0 Å². The van der Waals surface area contributed by atoms with Crippen LogP contribution in [0.4, 0.5) is 4.39 Å². The highest BCUT2D eigenvalue weighted by atomic mass is 32.2. The summed E-state index contributed by atoms with van der Waals surface area (Å²) in [5.41, 5.74) is 1.81. The lowest BCUT2D eigenvalue weighted by molar-refractivity contribution is 0.558. The van der Waals surface area contributed by atoms with Crippen LogP contribution >= 0.6 is 23.1 Å². The maximum absolute atomic E-state index is 13.0. The smallest absolute Gasteiger partial charge is 0.272 e. The number of hydrogen-bond acceptors (Lipinski definition) is 4. The standard InChI is InChI=1S/C17H17FN2OS2/c1-2-3-9-20-16(21)15-14(8-10-22-15)19-17(20)23-11-12-4-6-13(18)7-5-12/h4-8,10H,2-3,9,11H2,1H3. The van der Waals surface area contributed by atoms with Gasteiger partial charge < -0.3 is 0 Å². The van der Waals surface area contributed by atoms with E-state index in [1.165, 1.54) is 35.2 Å². The van der Waals surface area contributed by atoms with Gasteiger partial charge in [-0.2, -0.15) is 0 Å². The Balaban J connectivity index is 1.91. The summed E-state index contributed by atoms with van der Waals surface area (Å²) in [6, 6.07) is 8.32. The van der Waals surface area contributed by atoms with Gasteiger partial charge in [0.2, 0.25) is 0 Å². The molecule has 3 aromatic rings. The minimum absolute atomic E-state index is 0.0417. The zero-order valence-electron chi connectivity index (χ0n) is 12.8. The van der Waals surface area contributed by atoms with Crippen LogP contribution in [-0.2, 0) is 12.3 Å². The predicted octanol–water partition coefficient (Wildman–Crippen LogP) is 4.69. The second kappa shape index (κ2) is 7.27. The zero-order valence-corrected chi connectivity index (χ0v) is 14.4. The van der Waals surface area contributed by atoms with Crippen molar-refractivity contribution in [1.29, 1.82) is 0 Å². The molecule has 6 heteroatoms. The highest BCUT2D eigenvalue weighted by molar-refractivity contribution is 7.98. The monoisotopic (exact) mass is 348 g/mol. The van der Waals surface area contributed by atoms with Gasteiger partial charge in [0.1, 0.15) is 10.5 Å². The Bertz CT molecular complexity index is 855. The first-order chi connectivity index (χ1) is 11.2. The maximum Gasteiger partial charge on any atom is 0.272 e. The van der Waals surface area contributed by atoms with Gasteiger partial charge in [-0.25, -0.2) is 9.37 Å². The lowest BCUT2D eigenvalue weighted by atomic mass is 10.2. The molecule has 0 N–H and O–H groups in total. The van der Waals surface area contributed by atoms with Crippen molar-refractivity contribution < 1.29 is 4.39 Å². The van der Waals surface area contributed by atoms with Crippen LogP contribution in [0, 0.1) is 5.82 Å². The molecule has 0 bridgehead atoms. The van der Waals surface area contributed by atoms with Gasteiger partial charge in [0.25, 0.3) is 5.56 Å². The highest BCUT2D eigenvalue weighted by Gasteiger charge is 2.12. The van der Waals surface area contributed by atoms with Gasteiger partial charge in [-0.3, -0.25) is 9.36 Å². The van der Waals surface area contributed by atoms with Crippen LogP contribution in [0.5, 0.6) is 0 Å². The molecule has 23 heavy (non-hydrogen) atoms. The third-order valence-corrected chi connectivity index (χ3v) is 5.49. The van der Waals surface area contributed by atoms with Crippen LogP contribution in [-0.4, -0.2) is 9.55 Å². The number of thioether (sulfide) groups is 1. The molecule has 0 unspecified atom stereocenters. The van der Waals surface area contributed by atoms with Crippen LogP contribution in [0.3, 0.4) is 0 Å². The second-order valence-corrected chi connectivity index (χ2v) is 7.11. The molecule has 3 rings (SSSR count). The van der Waals surface area contributed by atoms with Gasteiger partial charge in [-0.05, 0) is 35.6 Å². The number of halogens is 1. The molecule has 120 valence electrons. The van der Waals surface area contributed by atoms with Gasteiger partial charge in [0, 0.05) is 12.3 Å². The SMILES string of the molecule is CCCCn1c(SCc2ccc(F)cc2)nc2ccsc2c1=O. The minimum Gasteiger partial charge on any atom is -0.286 e. The number of nitrogens with zero attached hydrogens (tertiary/aromatic N) is 2. The average Bonchev–Trinajstić information content (AvgIpc) is 3.02. The van der Waals surface area contributed by atoms with Crippen molar-refractivity contribution in [2.24, 2.45) is 0 Å². The van der Waals surface area contributed by atoms with Gasteiger partial charge in [0.05, 0.1) is 5.52 Å². The molecule has 2 heterocycles. The molecule has 0 amide bonds. The molecule has 1 aromatic carbocycles. The van der Waals surface area contributed by atoms with E-state index in [4.69, 9.17) is 0 Å². The minimum atomic E-state index is -0.239. The molecule has 0 fully saturated rings. The van der Waals surface area contributed by atoms with Gasteiger partial charge in [-0.1, -0.05) is 37.2 Å². The molecule has 0 atom stereocenters. The molecule has 3 nitrogen and oxygen atoms in total. The zero-order chi connectivity index (χ0) is 16.2. The number of thiophene rings is 1. The summed E-state index contributed by atoms with van der Waals surface area (Å²) < 4.78 is 15.5. The Morgan fingerprint density at radius 2 is 2.04 bits per heavy atom. The fourth-order valence-corrected chi connectivity index (χ4v) is 4.04. The Morgan fingerprint density at radius 3 is 2.78 bits per heavy atom. The van der Waals surface area contributed by atoms with Crippen molar-refractivity contribution in [3.05, 3.63) is 57.4 Å². The largest absolute Gasteiger partial charge is 0.286 e. The number of benzene rings is 1. The van der Waals surface area contributed by atoms with E-state index in [1.54, 1.807) is 16.7 Å². The summed E-state index contributed by atoms with van der Waals surface area (Å²) in [5.74, 6) is 0.422. The first-order valence-corrected chi connectivity index (χ1v) is 9.41. The number of unbranched alkanes of at least 4 members (excludes halogenated alkanes) is 1. The van der Waals surface area contributed by atoms with E-state index in [1.807, 2.05) is 11.4 Å². The molecule has 2 aromatic heterocycles.